The number of hydrogen-bond acceptors (Lipinski definition) is 9. The molecule has 0 bridgehead atoms. The van der Waals surface area contributed by atoms with Crippen LogP contribution in [0.3, 0.4) is 0 Å². The van der Waals surface area contributed by atoms with Crippen LogP contribution in [0.25, 0.3) is 0 Å². The summed E-state index contributed by atoms with van der Waals surface area (Å²) in [5, 5.41) is 30.0. The van der Waals surface area contributed by atoms with Crippen LogP contribution in [0.4, 0.5) is 4.79 Å². The van der Waals surface area contributed by atoms with Crippen molar-refractivity contribution in [3.63, 3.8) is 0 Å². The lowest BCUT2D eigenvalue weighted by atomic mass is 9.95. The number of aliphatic hydroxyl groups excluding tert-OH is 1. The van der Waals surface area contributed by atoms with E-state index in [0.29, 0.717) is 43.5 Å². The second-order valence-corrected chi connectivity index (χ2v) is 9.34. The van der Waals surface area contributed by atoms with E-state index >= 15 is 0 Å². The molecule has 2 atom stereocenters. The lowest BCUT2D eigenvalue weighted by Crippen LogP contribution is -2.45. The van der Waals surface area contributed by atoms with Crippen molar-refractivity contribution in [2.45, 2.75) is 26.1 Å². The van der Waals surface area contributed by atoms with Crippen LogP contribution in [0.5, 0.6) is 17.2 Å². The highest BCUT2D eigenvalue weighted by molar-refractivity contribution is 14.1. The largest absolute Gasteiger partial charge is 0.506 e. The number of phenols is 1. The Morgan fingerprint density at radius 3 is 2.76 bits per heavy atom. The van der Waals surface area contributed by atoms with Gasteiger partial charge in [0.25, 0.3) is 0 Å². The summed E-state index contributed by atoms with van der Waals surface area (Å²) >= 11 is 7.95. The number of phenolic OH excluding ortho intramolecular Hbond substituents is 1. The van der Waals surface area contributed by atoms with Gasteiger partial charge in [-0.05, 0) is 66.3 Å². The molecule has 0 spiro atoms. The minimum absolute atomic E-state index is 0.0214. The Balaban J connectivity index is 1.72. The van der Waals surface area contributed by atoms with Gasteiger partial charge >= 0.3 is 12.0 Å². The van der Waals surface area contributed by atoms with Crippen molar-refractivity contribution >= 4 is 52.4 Å². The molecule has 1 aliphatic rings. The third kappa shape index (κ3) is 7.17. The van der Waals surface area contributed by atoms with Gasteiger partial charge in [-0.3, -0.25) is 5.43 Å². The molecule has 2 aromatic rings. The smallest absolute Gasteiger partial charge is 0.337 e. The number of benzene rings is 2. The predicted octanol–water partition coefficient (Wildman–Crippen LogP) is 3.17. The highest BCUT2D eigenvalue weighted by Gasteiger charge is 2.32. The van der Waals surface area contributed by atoms with Gasteiger partial charge in [0.1, 0.15) is 12.4 Å². The molecule has 11 nitrogen and oxygen atoms in total. The molecular formula is C24H26ClIN4O7. The SMILES string of the molecule is CCOc1cc([C@@H]2NC(=O)NC(C)=C2C(=O)OC)ccc1OC[C@@H](O)N/N=C\c1cc(Cl)cc(I)c1O. The summed E-state index contributed by atoms with van der Waals surface area (Å²) in [6, 6.07) is 6.86. The summed E-state index contributed by atoms with van der Waals surface area (Å²) in [7, 11) is 1.26. The highest BCUT2D eigenvalue weighted by Crippen LogP contribution is 2.35. The molecule has 198 valence electrons. The minimum atomic E-state index is -1.19. The molecule has 0 aromatic heterocycles. The molecule has 37 heavy (non-hydrogen) atoms. The van der Waals surface area contributed by atoms with Crippen LogP contribution in [0.2, 0.25) is 5.02 Å². The van der Waals surface area contributed by atoms with Gasteiger partial charge in [-0.1, -0.05) is 17.7 Å². The van der Waals surface area contributed by atoms with Crippen LogP contribution in [-0.4, -0.2) is 55.0 Å². The number of halogens is 2. The van der Waals surface area contributed by atoms with Crippen LogP contribution >= 0.6 is 34.2 Å². The summed E-state index contributed by atoms with van der Waals surface area (Å²) in [5.74, 6) is 0.124. The first kappa shape index (κ1) is 28.3. The molecule has 0 radical (unpaired) electrons. The van der Waals surface area contributed by atoms with E-state index in [0.717, 1.165) is 0 Å². The van der Waals surface area contributed by atoms with Gasteiger partial charge in [0.05, 0.1) is 35.1 Å². The third-order valence-corrected chi connectivity index (χ3v) is 6.20. The van der Waals surface area contributed by atoms with Crippen LogP contribution < -0.4 is 25.5 Å². The number of hydrazone groups is 1. The lowest BCUT2D eigenvalue weighted by Gasteiger charge is -2.28. The quantitative estimate of drug-likeness (QED) is 0.0871. The number of amides is 2. The first-order chi connectivity index (χ1) is 17.6. The Kier molecular flexibility index (Phi) is 9.83. The number of carbonyl (C=O) groups excluding carboxylic acids is 2. The number of carbonyl (C=O) groups is 2. The van der Waals surface area contributed by atoms with E-state index in [1.807, 2.05) is 22.6 Å². The fourth-order valence-corrected chi connectivity index (χ4v) is 4.56. The summed E-state index contributed by atoms with van der Waals surface area (Å²) in [5.41, 5.74) is 4.11. The first-order valence-electron chi connectivity index (χ1n) is 11.0. The molecule has 13 heteroatoms. The zero-order valence-corrected chi connectivity index (χ0v) is 23.1. The van der Waals surface area contributed by atoms with E-state index in [9.17, 15) is 19.8 Å². The lowest BCUT2D eigenvalue weighted by molar-refractivity contribution is -0.136. The first-order valence-corrected chi connectivity index (χ1v) is 12.5. The number of rotatable bonds is 10. The highest BCUT2D eigenvalue weighted by atomic mass is 127. The van der Waals surface area contributed by atoms with Gasteiger partial charge in [0.15, 0.2) is 17.7 Å². The Bertz CT molecular complexity index is 1240. The molecule has 0 unspecified atom stereocenters. The number of aromatic hydroxyl groups is 1. The van der Waals surface area contributed by atoms with E-state index in [-0.39, 0.29) is 17.9 Å². The average Bonchev–Trinajstić information content (AvgIpc) is 2.85. The standard InChI is InChI=1S/C24H26ClIN4O7/c1-4-36-18-8-13(21-20(23(33)35-3)12(2)28-24(34)29-21)5-6-17(18)37-11-19(31)30-27-10-14-7-15(25)9-16(26)22(14)32/h5-10,19,21,30-32H,4,11H2,1-3H3,(H2,28,29,34)/b27-10-/t19-,21+/m1/s1. The van der Waals surface area contributed by atoms with Crippen molar-refractivity contribution in [3.8, 4) is 17.2 Å². The van der Waals surface area contributed by atoms with E-state index in [1.165, 1.54) is 19.4 Å². The maximum absolute atomic E-state index is 12.4. The Morgan fingerprint density at radius 1 is 1.30 bits per heavy atom. The number of esters is 1. The molecule has 5 N–H and O–H groups in total. The Hall–Kier alpha value is -3.23. The summed E-state index contributed by atoms with van der Waals surface area (Å²) in [6.07, 6.45) is 0.139. The topological polar surface area (TPSA) is 151 Å². The van der Waals surface area contributed by atoms with Crippen molar-refractivity contribution < 1.29 is 34.0 Å². The van der Waals surface area contributed by atoms with Crippen LogP contribution in [0.1, 0.15) is 31.0 Å². The number of allylic oxidation sites excluding steroid dienone is 1. The van der Waals surface area contributed by atoms with Crippen molar-refractivity contribution in [2.75, 3.05) is 20.3 Å². The van der Waals surface area contributed by atoms with Crippen molar-refractivity contribution in [3.05, 3.63) is 61.3 Å². The van der Waals surface area contributed by atoms with Crippen molar-refractivity contribution in [2.24, 2.45) is 5.10 Å². The number of urea groups is 1. The maximum Gasteiger partial charge on any atom is 0.337 e. The summed E-state index contributed by atoms with van der Waals surface area (Å²) in [4.78, 5) is 24.4. The van der Waals surface area contributed by atoms with Gasteiger partial charge in [0, 0.05) is 16.3 Å². The van der Waals surface area contributed by atoms with Crippen molar-refractivity contribution in [1.29, 1.82) is 0 Å². The summed E-state index contributed by atoms with van der Waals surface area (Å²) in [6.45, 7) is 3.55. The fourth-order valence-electron chi connectivity index (χ4n) is 3.50. The third-order valence-electron chi connectivity index (χ3n) is 5.16. The zero-order chi connectivity index (χ0) is 27.1. The van der Waals surface area contributed by atoms with E-state index in [2.05, 4.69) is 21.2 Å². The molecular weight excluding hydrogens is 619 g/mol. The zero-order valence-electron chi connectivity index (χ0n) is 20.2. The Morgan fingerprint density at radius 2 is 2.05 bits per heavy atom. The van der Waals surface area contributed by atoms with E-state index in [1.54, 1.807) is 38.1 Å². The Labute approximate surface area is 232 Å². The number of aliphatic hydroxyl groups is 1. The number of methoxy groups -OCH3 is 1. The molecule has 0 aliphatic carbocycles. The molecule has 1 heterocycles. The van der Waals surface area contributed by atoms with Crippen LogP contribution in [0, 0.1) is 3.57 Å². The normalized spacial score (nSPS) is 16.2. The predicted molar refractivity (Wildman–Crippen MR) is 145 cm³/mol. The molecule has 0 saturated heterocycles. The number of nitrogens with one attached hydrogen (secondary N) is 3. The number of hydrogen-bond donors (Lipinski definition) is 5. The van der Waals surface area contributed by atoms with E-state index < -0.39 is 24.3 Å². The van der Waals surface area contributed by atoms with Crippen molar-refractivity contribution in [1.82, 2.24) is 16.1 Å². The van der Waals surface area contributed by atoms with Gasteiger partial charge < -0.3 is 35.1 Å². The van der Waals surface area contributed by atoms with Crippen LogP contribution in [-0.2, 0) is 9.53 Å². The molecule has 1 aliphatic heterocycles. The average molecular weight is 645 g/mol. The monoisotopic (exact) mass is 644 g/mol. The van der Waals surface area contributed by atoms with Crippen LogP contribution in [0.15, 0.2) is 46.7 Å². The van der Waals surface area contributed by atoms with Gasteiger partial charge in [0.2, 0.25) is 0 Å². The fraction of sp³-hybridized carbons (Fsp3) is 0.292. The van der Waals surface area contributed by atoms with Gasteiger partial charge in [-0.25, -0.2) is 9.59 Å². The van der Waals surface area contributed by atoms with Gasteiger partial charge in [-0.2, -0.15) is 5.10 Å². The molecule has 0 fully saturated rings. The summed E-state index contributed by atoms with van der Waals surface area (Å²) < 4.78 is 16.8. The molecule has 2 aromatic carbocycles. The maximum atomic E-state index is 12.4. The number of nitrogens with zero attached hydrogens (tertiary/aromatic N) is 1. The molecule has 0 saturated carbocycles. The minimum Gasteiger partial charge on any atom is -0.506 e. The van der Waals surface area contributed by atoms with E-state index in [4.69, 9.17) is 25.8 Å². The second-order valence-electron chi connectivity index (χ2n) is 7.74. The second kappa shape index (κ2) is 12.8. The number of ether oxygens (including phenoxy) is 3. The molecule has 3 rings (SSSR count). The molecule has 2 amide bonds. The van der Waals surface area contributed by atoms with Gasteiger partial charge in [-0.15, -0.1) is 0 Å².